The number of nitrogens with one attached hydrogen (secondary N) is 1. The van der Waals surface area contributed by atoms with Crippen LogP contribution in [0.4, 0.5) is 5.13 Å². The highest BCUT2D eigenvalue weighted by Crippen LogP contribution is 2.19. The molecule has 0 aromatic carbocycles. The number of rotatable bonds is 3. The minimum absolute atomic E-state index is 0.571. The van der Waals surface area contributed by atoms with Gasteiger partial charge in [0.15, 0.2) is 5.13 Å². The third-order valence-electron chi connectivity index (χ3n) is 2.95. The average molecular weight is 305 g/mol. The summed E-state index contributed by atoms with van der Waals surface area (Å²) in [4.78, 5) is 9.12. The molecule has 0 spiro atoms. The van der Waals surface area contributed by atoms with Crippen molar-refractivity contribution < 1.29 is 0 Å². The van der Waals surface area contributed by atoms with Crippen LogP contribution >= 0.6 is 27.3 Å². The largest absolute Gasteiger partial charge is 0.360 e. The molecule has 0 saturated carbocycles. The van der Waals surface area contributed by atoms with Gasteiger partial charge in [-0.3, -0.25) is 4.90 Å². The van der Waals surface area contributed by atoms with Crippen molar-refractivity contribution in [3.63, 3.8) is 0 Å². The Morgan fingerprint density at radius 3 is 3.06 bits per heavy atom. The molecule has 90 valence electrons. The van der Waals surface area contributed by atoms with Crippen LogP contribution in [0.15, 0.2) is 9.98 Å². The predicted molar refractivity (Wildman–Crippen MR) is 72.2 cm³/mol. The van der Waals surface area contributed by atoms with Gasteiger partial charge in [0.1, 0.15) is 4.60 Å². The first-order valence-electron chi connectivity index (χ1n) is 5.39. The Balaban J connectivity index is 1.84. The second-order valence-corrected chi connectivity index (χ2v) is 5.92. The Morgan fingerprint density at radius 1 is 1.56 bits per heavy atom. The fraction of sp³-hybridized carbons (Fsp3) is 0.700. The highest BCUT2D eigenvalue weighted by atomic mass is 79.9. The van der Waals surface area contributed by atoms with E-state index in [1.54, 1.807) is 11.3 Å². The molecule has 1 aliphatic heterocycles. The molecule has 0 aliphatic carbocycles. The van der Waals surface area contributed by atoms with Crippen LogP contribution in [0.5, 0.6) is 0 Å². The Labute approximate surface area is 109 Å². The number of halogens is 1. The lowest BCUT2D eigenvalue weighted by atomic mass is 10.2. The molecule has 1 atom stereocenters. The van der Waals surface area contributed by atoms with E-state index in [2.05, 4.69) is 50.1 Å². The second kappa shape index (κ2) is 5.44. The molecule has 4 nitrogen and oxygen atoms in total. The fourth-order valence-electron chi connectivity index (χ4n) is 1.86. The summed E-state index contributed by atoms with van der Waals surface area (Å²) in [6.07, 6.45) is 0. The van der Waals surface area contributed by atoms with Crippen molar-refractivity contribution in [1.82, 2.24) is 14.8 Å². The highest BCUT2D eigenvalue weighted by Gasteiger charge is 2.21. The zero-order valence-electron chi connectivity index (χ0n) is 9.61. The number of thiazole rings is 1. The van der Waals surface area contributed by atoms with Gasteiger partial charge in [-0.2, -0.15) is 0 Å². The van der Waals surface area contributed by atoms with Crippen LogP contribution in [0.1, 0.15) is 0 Å². The molecule has 1 unspecified atom stereocenters. The van der Waals surface area contributed by atoms with Crippen molar-refractivity contribution in [3.05, 3.63) is 9.98 Å². The summed E-state index contributed by atoms with van der Waals surface area (Å²) >= 11 is 5.00. The summed E-state index contributed by atoms with van der Waals surface area (Å²) < 4.78 is 0.911. The molecule has 2 rings (SSSR count). The van der Waals surface area contributed by atoms with Gasteiger partial charge in [-0.15, -0.1) is 11.3 Å². The van der Waals surface area contributed by atoms with E-state index in [4.69, 9.17) is 0 Å². The molecule has 0 bridgehead atoms. The minimum atomic E-state index is 0.571. The van der Waals surface area contributed by atoms with Crippen LogP contribution in [0.25, 0.3) is 0 Å². The van der Waals surface area contributed by atoms with Crippen LogP contribution in [-0.4, -0.2) is 61.1 Å². The number of nitrogens with zero attached hydrogens (tertiary/aromatic N) is 3. The van der Waals surface area contributed by atoms with Gasteiger partial charge in [0, 0.05) is 37.6 Å². The van der Waals surface area contributed by atoms with Gasteiger partial charge in [0.2, 0.25) is 0 Å². The SMILES string of the molecule is CN1CCN(C)C(CNc2nc(Br)cs2)C1. The van der Waals surface area contributed by atoms with Crippen LogP contribution in [0, 0.1) is 0 Å². The lowest BCUT2D eigenvalue weighted by molar-refractivity contribution is 0.122. The van der Waals surface area contributed by atoms with Crippen molar-refractivity contribution >= 4 is 32.4 Å². The number of hydrogen-bond acceptors (Lipinski definition) is 5. The molecule has 1 aromatic heterocycles. The van der Waals surface area contributed by atoms with Crippen LogP contribution < -0.4 is 5.32 Å². The lowest BCUT2D eigenvalue weighted by Gasteiger charge is -2.37. The summed E-state index contributed by atoms with van der Waals surface area (Å²) in [5.41, 5.74) is 0. The summed E-state index contributed by atoms with van der Waals surface area (Å²) in [7, 11) is 4.37. The molecule has 0 amide bonds. The molecule has 2 heterocycles. The number of likely N-dealkylation sites (N-methyl/N-ethyl adjacent to an activating group) is 2. The van der Waals surface area contributed by atoms with Gasteiger partial charge < -0.3 is 10.2 Å². The fourth-order valence-corrected chi connectivity index (χ4v) is 3.02. The Kier molecular flexibility index (Phi) is 4.18. The number of anilines is 1. The summed E-state index contributed by atoms with van der Waals surface area (Å²) in [6, 6.07) is 0.571. The maximum atomic E-state index is 4.33. The predicted octanol–water partition coefficient (Wildman–Crippen LogP) is 1.56. The lowest BCUT2D eigenvalue weighted by Crippen LogP contribution is -2.52. The molecule has 1 saturated heterocycles. The van der Waals surface area contributed by atoms with Crippen molar-refractivity contribution in [2.75, 3.05) is 45.6 Å². The number of hydrogen-bond donors (Lipinski definition) is 1. The van der Waals surface area contributed by atoms with Gasteiger partial charge in [-0.1, -0.05) is 0 Å². The number of aromatic nitrogens is 1. The third-order valence-corrected chi connectivity index (χ3v) is 4.45. The molecule has 16 heavy (non-hydrogen) atoms. The van der Waals surface area contributed by atoms with E-state index >= 15 is 0 Å². The van der Waals surface area contributed by atoms with Crippen molar-refractivity contribution in [2.24, 2.45) is 0 Å². The standard InChI is InChI=1S/C10H17BrN4S/c1-14-3-4-15(2)8(6-14)5-12-10-13-9(11)7-16-10/h7-8H,3-6H2,1-2H3,(H,12,13). The van der Waals surface area contributed by atoms with Crippen molar-refractivity contribution in [2.45, 2.75) is 6.04 Å². The van der Waals surface area contributed by atoms with E-state index in [0.29, 0.717) is 6.04 Å². The molecule has 1 fully saturated rings. The Morgan fingerprint density at radius 2 is 2.38 bits per heavy atom. The van der Waals surface area contributed by atoms with Crippen LogP contribution in [0.3, 0.4) is 0 Å². The summed E-state index contributed by atoms with van der Waals surface area (Å²) in [5.74, 6) is 0. The molecule has 6 heteroatoms. The van der Waals surface area contributed by atoms with Gasteiger partial charge in [0.05, 0.1) is 0 Å². The minimum Gasteiger partial charge on any atom is -0.360 e. The van der Waals surface area contributed by atoms with E-state index < -0.39 is 0 Å². The van der Waals surface area contributed by atoms with Gasteiger partial charge in [0.25, 0.3) is 0 Å². The maximum Gasteiger partial charge on any atom is 0.183 e. The summed E-state index contributed by atoms with van der Waals surface area (Å²) in [6.45, 7) is 4.39. The zero-order chi connectivity index (χ0) is 11.5. The molecule has 0 radical (unpaired) electrons. The van der Waals surface area contributed by atoms with Gasteiger partial charge in [-0.25, -0.2) is 4.98 Å². The van der Waals surface area contributed by atoms with E-state index in [1.165, 1.54) is 0 Å². The second-order valence-electron chi connectivity index (χ2n) is 4.25. The molecular formula is C10H17BrN4S. The van der Waals surface area contributed by atoms with E-state index in [0.717, 1.165) is 35.9 Å². The molecule has 1 aliphatic rings. The highest BCUT2D eigenvalue weighted by molar-refractivity contribution is 9.10. The van der Waals surface area contributed by atoms with Gasteiger partial charge in [-0.05, 0) is 30.0 Å². The molecule has 1 aromatic rings. The summed E-state index contributed by atoms with van der Waals surface area (Å²) in [5, 5.41) is 6.39. The average Bonchev–Trinajstić information content (AvgIpc) is 2.66. The Hall–Kier alpha value is -0.170. The van der Waals surface area contributed by atoms with Crippen LogP contribution in [0.2, 0.25) is 0 Å². The van der Waals surface area contributed by atoms with Crippen LogP contribution in [-0.2, 0) is 0 Å². The first-order chi connectivity index (χ1) is 7.65. The third kappa shape index (κ3) is 3.16. The van der Waals surface area contributed by atoms with Gasteiger partial charge >= 0.3 is 0 Å². The normalized spacial score (nSPS) is 23.6. The first-order valence-corrected chi connectivity index (χ1v) is 7.06. The van der Waals surface area contributed by atoms with Crippen molar-refractivity contribution in [1.29, 1.82) is 0 Å². The monoisotopic (exact) mass is 304 g/mol. The van der Waals surface area contributed by atoms with Crippen molar-refractivity contribution in [3.8, 4) is 0 Å². The van der Waals surface area contributed by atoms with E-state index in [1.807, 2.05) is 5.38 Å². The molecular weight excluding hydrogens is 288 g/mol. The quantitative estimate of drug-likeness (QED) is 0.918. The zero-order valence-corrected chi connectivity index (χ0v) is 12.0. The topological polar surface area (TPSA) is 31.4 Å². The van der Waals surface area contributed by atoms with E-state index in [-0.39, 0.29) is 0 Å². The Bertz CT molecular complexity index is 343. The molecule has 1 N–H and O–H groups in total. The first kappa shape index (κ1) is 12.3. The van der Waals surface area contributed by atoms with E-state index in [9.17, 15) is 0 Å². The number of piperazine rings is 1. The smallest absolute Gasteiger partial charge is 0.183 e. The maximum absolute atomic E-state index is 4.33.